The number of carbonyl (C=O) groups excluding carboxylic acids is 1. The van der Waals surface area contributed by atoms with Crippen molar-refractivity contribution in [3.63, 3.8) is 0 Å². The average molecular weight is 307 g/mol. The number of carbonyl (C=O) groups is 1. The molecule has 0 aliphatic heterocycles. The minimum atomic E-state index is -0.000751. The van der Waals surface area contributed by atoms with E-state index in [2.05, 4.69) is 28.7 Å². The molecule has 1 aromatic heterocycles. The zero-order valence-electron chi connectivity index (χ0n) is 14.7. The van der Waals surface area contributed by atoms with Crippen LogP contribution in [0.4, 0.5) is 16.4 Å². The first-order valence-corrected chi connectivity index (χ1v) is 8.15. The minimum absolute atomic E-state index is 0.000751. The molecule has 0 unspecified atom stereocenters. The molecule has 0 bridgehead atoms. The number of aromatic nitrogens is 2. The fraction of sp³-hybridized carbons (Fsp3) is 0.688. The van der Waals surface area contributed by atoms with E-state index in [4.69, 9.17) is 0 Å². The van der Waals surface area contributed by atoms with Gasteiger partial charge < -0.3 is 9.80 Å². The molecule has 0 saturated heterocycles. The fourth-order valence-electron chi connectivity index (χ4n) is 2.43. The lowest BCUT2D eigenvalue weighted by molar-refractivity contribution is 0.194. The van der Waals surface area contributed by atoms with E-state index in [9.17, 15) is 4.79 Å². The molecule has 0 spiro atoms. The standard InChI is InChI=1S/C16H29N5O/c1-7-19(8-2)15-17-11-14(12-18-15)21(10-4)16(22)20(9-3)13(5)6/h11-13H,7-10H2,1-6H3. The first kappa shape index (κ1) is 18.2. The molecule has 1 rings (SSSR count). The summed E-state index contributed by atoms with van der Waals surface area (Å²) in [6.07, 6.45) is 3.46. The molecule has 0 aliphatic rings. The number of hydrogen-bond acceptors (Lipinski definition) is 4. The van der Waals surface area contributed by atoms with E-state index in [1.807, 2.05) is 32.6 Å². The van der Waals surface area contributed by atoms with Crippen LogP contribution in [0.25, 0.3) is 0 Å². The Labute approximate surface area is 134 Å². The van der Waals surface area contributed by atoms with Crippen LogP contribution in [-0.4, -0.2) is 53.1 Å². The van der Waals surface area contributed by atoms with Crippen molar-refractivity contribution in [2.45, 2.75) is 47.6 Å². The first-order valence-electron chi connectivity index (χ1n) is 8.15. The first-order chi connectivity index (χ1) is 10.5. The highest BCUT2D eigenvalue weighted by atomic mass is 16.2. The van der Waals surface area contributed by atoms with Crippen LogP contribution < -0.4 is 9.80 Å². The third-order valence-electron chi connectivity index (χ3n) is 3.74. The largest absolute Gasteiger partial charge is 0.341 e. The molecule has 6 heteroatoms. The van der Waals surface area contributed by atoms with E-state index >= 15 is 0 Å². The summed E-state index contributed by atoms with van der Waals surface area (Å²) in [6, 6.07) is 0.168. The summed E-state index contributed by atoms with van der Waals surface area (Å²) < 4.78 is 0. The second kappa shape index (κ2) is 8.56. The topological polar surface area (TPSA) is 52.6 Å². The molecule has 0 N–H and O–H groups in total. The molecule has 124 valence electrons. The molecule has 0 aromatic carbocycles. The van der Waals surface area contributed by atoms with Gasteiger partial charge in [0.2, 0.25) is 5.95 Å². The van der Waals surface area contributed by atoms with Gasteiger partial charge in [-0.15, -0.1) is 0 Å². The Hall–Kier alpha value is -1.85. The lowest BCUT2D eigenvalue weighted by Gasteiger charge is -2.31. The number of rotatable bonds is 7. The van der Waals surface area contributed by atoms with Gasteiger partial charge in [0, 0.05) is 32.2 Å². The van der Waals surface area contributed by atoms with Crippen molar-refractivity contribution in [1.82, 2.24) is 14.9 Å². The molecule has 0 radical (unpaired) electrons. The van der Waals surface area contributed by atoms with Gasteiger partial charge in [-0.25, -0.2) is 14.8 Å². The molecule has 22 heavy (non-hydrogen) atoms. The zero-order chi connectivity index (χ0) is 16.7. The lowest BCUT2D eigenvalue weighted by Crippen LogP contribution is -2.46. The van der Waals surface area contributed by atoms with Crippen molar-refractivity contribution in [2.24, 2.45) is 0 Å². The van der Waals surface area contributed by atoms with Crippen molar-refractivity contribution < 1.29 is 4.79 Å². The Morgan fingerprint density at radius 3 is 1.91 bits per heavy atom. The van der Waals surface area contributed by atoms with Gasteiger partial charge in [0.15, 0.2) is 0 Å². The Balaban J connectivity index is 2.98. The van der Waals surface area contributed by atoms with Crippen LogP contribution in [0.1, 0.15) is 41.5 Å². The van der Waals surface area contributed by atoms with Crippen LogP contribution >= 0.6 is 0 Å². The van der Waals surface area contributed by atoms with E-state index < -0.39 is 0 Å². The van der Waals surface area contributed by atoms with Crippen molar-refractivity contribution >= 4 is 17.7 Å². The summed E-state index contributed by atoms with van der Waals surface area (Å²) in [5, 5.41) is 0. The summed E-state index contributed by atoms with van der Waals surface area (Å²) in [5.41, 5.74) is 0.738. The van der Waals surface area contributed by atoms with Gasteiger partial charge in [-0.3, -0.25) is 4.90 Å². The van der Waals surface area contributed by atoms with Crippen LogP contribution in [0.15, 0.2) is 12.4 Å². The molecular formula is C16H29N5O. The van der Waals surface area contributed by atoms with Crippen LogP contribution in [0.2, 0.25) is 0 Å². The summed E-state index contributed by atoms with van der Waals surface area (Å²) >= 11 is 0. The third kappa shape index (κ3) is 4.08. The van der Waals surface area contributed by atoms with Gasteiger partial charge >= 0.3 is 6.03 Å². The second-order valence-corrected chi connectivity index (χ2v) is 5.32. The van der Waals surface area contributed by atoms with Crippen LogP contribution in [0.5, 0.6) is 0 Å². The highest BCUT2D eigenvalue weighted by molar-refractivity contribution is 5.91. The number of urea groups is 1. The van der Waals surface area contributed by atoms with E-state index in [0.29, 0.717) is 19.0 Å². The predicted molar refractivity (Wildman–Crippen MR) is 91.5 cm³/mol. The third-order valence-corrected chi connectivity index (χ3v) is 3.74. The quantitative estimate of drug-likeness (QED) is 0.777. The zero-order valence-corrected chi connectivity index (χ0v) is 14.7. The monoisotopic (exact) mass is 307 g/mol. The average Bonchev–Trinajstić information content (AvgIpc) is 2.51. The maximum Gasteiger partial charge on any atom is 0.324 e. The van der Waals surface area contributed by atoms with Crippen LogP contribution in [0.3, 0.4) is 0 Å². The molecule has 0 fully saturated rings. The molecule has 0 atom stereocenters. The highest BCUT2D eigenvalue weighted by Gasteiger charge is 2.22. The molecule has 0 saturated carbocycles. The van der Waals surface area contributed by atoms with Crippen LogP contribution in [-0.2, 0) is 0 Å². The van der Waals surface area contributed by atoms with Crippen LogP contribution in [0, 0.1) is 0 Å². The predicted octanol–water partition coefficient (Wildman–Crippen LogP) is 3.00. The molecule has 6 nitrogen and oxygen atoms in total. The van der Waals surface area contributed by atoms with E-state index in [1.165, 1.54) is 0 Å². The normalized spacial score (nSPS) is 10.7. The Morgan fingerprint density at radius 1 is 1.00 bits per heavy atom. The summed E-state index contributed by atoms with van der Waals surface area (Å²) in [5.74, 6) is 0.702. The van der Waals surface area contributed by atoms with Crippen molar-refractivity contribution in [1.29, 1.82) is 0 Å². The Morgan fingerprint density at radius 2 is 1.55 bits per heavy atom. The molecule has 1 heterocycles. The van der Waals surface area contributed by atoms with E-state index in [1.54, 1.807) is 17.3 Å². The SMILES string of the molecule is CCN(CC)c1ncc(N(CC)C(=O)N(CC)C(C)C)cn1. The molecule has 0 aliphatic carbocycles. The van der Waals surface area contributed by atoms with E-state index in [0.717, 1.165) is 18.8 Å². The highest BCUT2D eigenvalue weighted by Crippen LogP contribution is 2.17. The van der Waals surface area contributed by atoms with Crippen molar-refractivity contribution in [3.8, 4) is 0 Å². The smallest absolute Gasteiger partial charge is 0.324 e. The molecular weight excluding hydrogens is 278 g/mol. The number of amides is 2. The van der Waals surface area contributed by atoms with Gasteiger partial charge in [-0.1, -0.05) is 0 Å². The van der Waals surface area contributed by atoms with Gasteiger partial charge in [-0.05, 0) is 41.5 Å². The van der Waals surface area contributed by atoms with Gasteiger partial charge in [0.25, 0.3) is 0 Å². The Kier molecular flexibility index (Phi) is 7.08. The van der Waals surface area contributed by atoms with Gasteiger partial charge in [0.1, 0.15) is 0 Å². The summed E-state index contributed by atoms with van der Waals surface area (Å²) in [4.78, 5) is 27.1. The fourth-order valence-corrected chi connectivity index (χ4v) is 2.43. The van der Waals surface area contributed by atoms with Crippen molar-refractivity contribution in [3.05, 3.63) is 12.4 Å². The van der Waals surface area contributed by atoms with Gasteiger partial charge in [0.05, 0.1) is 18.1 Å². The molecule has 2 amide bonds. The minimum Gasteiger partial charge on any atom is -0.341 e. The molecule has 1 aromatic rings. The maximum atomic E-state index is 12.7. The number of hydrogen-bond donors (Lipinski definition) is 0. The Bertz CT molecular complexity index is 456. The van der Waals surface area contributed by atoms with Crippen molar-refractivity contribution in [2.75, 3.05) is 36.0 Å². The number of nitrogens with zero attached hydrogens (tertiary/aromatic N) is 5. The van der Waals surface area contributed by atoms with Gasteiger partial charge in [-0.2, -0.15) is 0 Å². The maximum absolute atomic E-state index is 12.7. The van der Waals surface area contributed by atoms with E-state index in [-0.39, 0.29) is 12.1 Å². The number of anilines is 2. The summed E-state index contributed by atoms with van der Waals surface area (Å²) in [7, 11) is 0. The second-order valence-electron chi connectivity index (χ2n) is 5.32. The lowest BCUT2D eigenvalue weighted by atomic mass is 10.3. The summed E-state index contributed by atoms with van der Waals surface area (Å²) in [6.45, 7) is 15.2.